The fourth-order valence-electron chi connectivity index (χ4n) is 2.91. The van der Waals surface area contributed by atoms with Gasteiger partial charge in [0.05, 0.1) is 17.4 Å². The monoisotopic (exact) mass is 270 g/mol. The van der Waals surface area contributed by atoms with Crippen LogP contribution < -0.4 is 5.32 Å². The molecule has 4 nitrogen and oxygen atoms in total. The van der Waals surface area contributed by atoms with Crippen molar-refractivity contribution < 1.29 is 0 Å². The molecule has 0 spiro atoms. The van der Waals surface area contributed by atoms with Crippen LogP contribution in [0.25, 0.3) is 10.9 Å². The molecule has 1 aliphatic heterocycles. The van der Waals surface area contributed by atoms with E-state index in [4.69, 9.17) is 0 Å². The molecule has 4 heteroatoms. The molecule has 0 radical (unpaired) electrons. The minimum Gasteiger partial charge on any atom is -0.383 e. The van der Waals surface area contributed by atoms with Gasteiger partial charge in [0.15, 0.2) is 0 Å². The van der Waals surface area contributed by atoms with Gasteiger partial charge in [-0.1, -0.05) is 18.2 Å². The molecule has 1 saturated heterocycles. The molecule has 1 fully saturated rings. The van der Waals surface area contributed by atoms with Crippen LogP contribution in [0.1, 0.15) is 19.3 Å². The normalized spacial score (nSPS) is 17.4. The zero-order valence-electron chi connectivity index (χ0n) is 12.0. The fraction of sp³-hybridized carbons (Fsp3) is 0.500. The van der Waals surface area contributed by atoms with Gasteiger partial charge in [0, 0.05) is 11.9 Å². The van der Waals surface area contributed by atoms with Crippen LogP contribution in [-0.4, -0.2) is 41.8 Å². The number of benzene rings is 1. The maximum atomic E-state index is 4.15. The average molecular weight is 270 g/mol. The predicted octanol–water partition coefficient (Wildman–Crippen LogP) is 2.77. The molecule has 1 N–H and O–H groups in total. The lowest BCUT2D eigenvalue weighted by atomic mass is 9.94. The van der Waals surface area contributed by atoms with Gasteiger partial charge >= 0.3 is 0 Å². The summed E-state index contributed by atoms with van der Waals surface area (Å²) in [4.78, 5) is 2.42. The third-order valence-electron chi connectivity index (χ3n) is 4.25. The quantitative estimate of drug-likeness (QED) is 0.927. The first-order valence-electron chi connectivity index (χ1n) is 7.46. The Hall–Kier alpha value is -1.68. The summed E-state index contributed by atoms with van der Waals surface area (Å²) in [5.41, 5.74) is 2.06. The van der Waals surface area contributed by atoms with Crippen molar-refractivity contribution in [2.45, 2.75) is 19.3 Å². The predicted molar refractivity (Wildman–Crippen MR) is 82.9 cm³/mol. The molecule has 2 aromatic rings. The van der Waals surface area contributed by atoms with E-state index in [1.165, 1.54) is 32.4 Å². The summed E-state index contributed by atoms with van der Waals surface area (Å²) in [6.45, 7) is 3.50. The third-order valence-corrected chi connectivity index (χ3v) is 4.25. The Kier molecular flexibility index (Phi) is 4.11. The van der Waals surface area contributed by atoms with E-state index in [1.807, 2.05) is 24.4 Å². The number of nitrogens with zero attached hydrogens (tertiary/aromatic N) is 3. The van der Waals surface area contributed by atoms with E-state index < -0.39 is 0 Å². The van der Waals surface area contributed by atoms with Crippen LogP contribution in [0.2, 0.25) is 0 Å². The van der Waals surface area contributed by atoms with Gasteiger partial charge in [-0.05, 0) is 51.4 Å². The van der Waals surface area contributed by atoms with Gasteiger partial charge in [0.1, 0.15) is 0 Å². The first-order chi connectivity index (χ1) is 9.83. The Labute approximate surface area is 120 Å². The number of nitrogens with one attached hydrogen (secondary N) is 1. The fourth-order valence-corrected chi connectivity index (χ4v) is 2.91. The van der Waals surface area contributed by atoms with Crippen LogP contribution in [0.15, 0.2) is 30.5 Å². The number of piperidine rings is 1. The average Bonchev–Trinajstić information content (AvgIpc) is 2.49. The number of rotatable bonds is 4. The van der Waals surface area contributed by atoms with Gasteiger partial charge in [-0.3, -0.25) is 0 Å². The molecule has 2 heterocycles. The largest absolute Gasteiger partial charge is 0.383 e. The topological polar surface area (TPSA) is 41.0 Å². The maximum absolute atomic E-state index is 4.15. The van der Waals surface area contributed by atoms with Crippen LogP contribution >= 0.6 is 0 Å². The smallest absolute Gasteiger partial charge is 0.0950 e. The number of fused-ring (bicyclic) bond motifs is 1. The second kappa shape index (κ2) is 6.18. The summed E-state index contributed by atoms with van der Waals surface area (Å²) in [6, 6.07) is 8.15. The molecular formula is C16H22N4. The summed E-state index contributed by atoms with van der Waals surface area (Å²) in [5.74, 6) is 0.861. The lowest BCUT2D eigenvalue weighted by Crippen LogP contribution is -2.30. The number of hydrogen-bond acceptors (Lipinski definition) is 4. The molecule has 1 aromatic heterocycles. The first-order valence-corrected chi connectivity index (χ1v) is 7.46. The van der Waals surface area contributed by atoms with Crippen LogP contribution in [-0.2, 0) is 0 Å². The van der Waals surface area contributed by atoms with Gasteiger partial charge in [-0.15, -0.1) is 0 Å². The molecule has 0 aliphatic carbocycles. The van der Waals surface area contributed by atoms with Gasteiger partial charge in [-0.2, -0.15) is 10.2 Å². The highest BCUT2D eigenvalue weighted by atomic mass is 15.1. The third kappa shape index (κ3) is 3.07. The number of anilines is 1. The second-order valence-corrected chi connectivity index (χ2v) is 5.74. The van der Waals surface area contributed by atoms with Crippen LogP contribution in [0.4, 0.5) is 5.69 Å². The molecule has 1 aliphatic rings. The number of aromatic nitrogens is 2. The molecule has 0 saturated carbocycles. The zero-order valence-corrected chi connectivity index (χ0v) is 12.0. The minimum atomic E-state index is 0.861. The van der Waals surface area contributed by atoms with Crippen LogP contribution in [0, 0.1) is 5.92 Å². The van der Waals surface area contributed by atoms with Crippen molar-refractivity contribution >= 4 is 16.6 Å². The molecule has 3 rings (SSSR count). The highest BCUT2D eigenvalue weighted by Gasteiger charge is 2.16. The highest BCUT2D eigenvalue weighted by Crippen LogP contribution is 2.22. The van der Waals surface area contributed by atoms with E-state index in [0.717, 1.165) is 29.1 Å². The summed E-state index contributed by atoms with van der Waals surface area (Å²) >= 11 is 0. The van der Waals surface area contributed by atoms with Crippen molar-refractivity contribution in [2.24, 2.45) is 5.92 Å². The van der Waals surface area contributed by atoms with Crippen molar-refractivity contribution in [3.8, 4) is 0 Å². The van der Waals surface area contributed by atoms with Gasteiger partial charge in [0.2, 0.25) is 0 Å². The summed E-state index contributed by atoms with van der Waals surface area (Å²) < 4.78 is 0. The van der Waals surface area contributed by atoms with E-state index in [2.05, 4.69) is 33.5 Å². The Morgan fingerprint density at radius 3 is 2.90 bits per heavy atom. The van der Waals surface area contributed by atoms with Gasteiger partial charge < -0.3 is 10.2 Å². The number of likely N-dealkylation sites (tertiary alicyclic amines) is 1. The van der Waals surface area contributed by atoms with Crippen LogP contribution in [0.5, 0.6) is 0 Å². The van der Waals surface area contributed by atoms with Crippen molar-refractivity contribution in [3.05, 3.63) is 30.5 Å². The first kappa shape index (κ1) is 13.3. The molecule has 106 valence electrons. The number of hydrogen-bond donors (Lipinski definition) is 1. The lowest BCUT2D eigenvalue weighted by Gasteiger charge is -2.29. The summed E-state index contributed by atoms with van der Waals surface area (Å²) in [5, 5.41) is 12.9. The van der Waals surface area contributed by atoms with E-state index in [0.29, 0.717) is 0 Å². The molecule has 0 atom stereocenters. The van der Waals surface area contributed by atoms with E-state index >= 15 is 0 Å². The molecule has 1 aromatic carbocycles. The molecule has 0 amide bonds. The molecule has 0 unspecified atom stereocenters. The Balaban J connectivity index is 1.57. The van der Waals surface area contributed by atoms with E-state index in [-0.39, 0.29) is 0 Å². The zero-order chi connectivity index (χ0) is 13.8. The summed E-state index contributed by atoms with van der Waals surface area (Å²) in [7, 11) is 2.21. The van der Waals surface area contributed by atoms with Crippen LogP contribution in [0.3, 0.4) is 0 Å². The maximum Gasteiger partial charge on any atom is 0.0950 e. The van der Waals surface area contributed by atoms with Crippen molar-refractivity contribution in [1.29, 1.82) is 0 Å². The van der Waals surface area contributed by atoms with Crippen molar-refractivity contribution in [3.63, 3.8) is 0 Å². The molecular weight excluding hydrogens is 248 g/mol. The standard InChI is InChI=1S/C16H22N4/c1-20-10-7-13(8-11-20)6-9-17-16-12-18-19-15-5-3-2-4-14(15)16/h2-5,12-13H,6-11H2,1H3,(H,17,19). The van der Waals surface area contributed by atoms with Gasteiger partial charge in [0.25, 0.3) is 0 Å². The highest BCUT2D eigenvalue weighted by molar-refractivity contribution is 5.90. The molecule has 20 heavy (non-hydrogen) atoms. The van der Waals surface area contributed by atoms with Crippen molar-refractivity contribution in [1.82, 2.24) is 15.1 Å². The minimum absolute atomic E-state index is 0.861. The van der Waals surface area contributed by atoms with Gasteiger partial charge in [-0.25, -0.2) is 0 Å². The Morgan fingerprint density at radius 1 is 1.25 bits per heavy atom. The SMILES string of the molecule is CN1CCC(CCNc2cnnc3ccccc23)CC1. The Morgan fingerprint density at radius 2 is 2.05 bits per heavy atom. The lowest BCUT2D eigenvalue weighted by molar-refractivity contribution is 0.215. The summed E-state index contributed by atoms with van der Waals surface area (Å²) in [6.07, 6.45) is 5.72. The van der Waals surface area contributed by atoms with E-state index in [1.54, 1.807) is 0 Å². The molecule has 0 bridgehead atoms. The van der Waals surface area contributed by atoms with Crippen molar-refractivity contribution in [2.75, 3.05) is 32.0 Å². The Bertz CT molecular complexity index is 556. The second-order valence-electron chi connectivity index (χ2n) is 5.74. The van der Waals surface area contributed by atoms with E-state index in [9.17, 15) is 0 Å².